The molecule has 7 heteroatoms. The summed E-state index contributed by atoms with van der Waals surface area (Å²) in [5.74, 6) is 0.225. The third kappa shape index (κ3) is 4.55. The number of aromatic nitrogens is 3. The maximum atomic E-state index is 12.1. The minimum absolute atomic E-state index is 0.0421. The van der Waals surface area contributed by atoms with E-state index in [1.165, 1.54) is 0 Å². The molecule has 0 spiro atoms. The van der Waals surface area contributed by atoms with Crippen LogP contribution in [0.2, 0.25) is 5.02 Å². The van der Waals surface area contributed by atoms with Gasteiger partial charge < -0.3 is 10.6 Å². The second kappa shape index (κ2) is 7.93. The van der Waals surface area contributed by atoms with E-state index in [1.807, 2.05) is 26.0 Å². The van der Waals surface area contributed by atoms with E-state index in [0.29, 0.717) is 22.4 Å². The monoisotopic (exact) mass is 367 g/mol. The van der Waals surface area contributed by atoms with Gasteiger partial charge in [-0.3, -0.25) is 9.78 Å². The highest BCUT2D eigenvalue weighted by Gasteiger charge is 2.11. The van der Waals surface area contributed by atoms with Gasteiger partial charge in [0.05, 0.1) is 5.69 Å². The first-order valence-corrected chi connectivity index (χ1v) is 8.52. The van der Waals surface area contributed by atoms with E-state index in [9.17, 15) is 4.79 Å². The molecule has 0 aliphatic rings. The molecule has 0 saturated carbocycles. The van der Waals surface area contributed by atoms with Gasteiger partial charge in [0.2, 0.25) is 5.95 Å². The lowest BCUT2D eigenvalue weighted by Gasteiger charge is -2.09. The summed E-state index contributed by atoms with van der Waals surface area (Å²) in [6.07, 6.45) is 3.25. The molecule has 2 heterocycles. The third-order valence-electron chi connectivity index (χ3n) is 3.44. The van der Waals surface area contributed by atoms with Crippen molar-refractivity contribution in [1.29, 1.82) is 0 Å². The zero-order valence-corrected chi connectivity index (χ0v) is 15.2. The Hall–Kier alpha value is -2.99. The Kier molecular flexibility index (Phi) is 5.43. The number of hydrogen-bond acceptors (Lipinski definition) is 5. The lowest BCUT2D eigenvalue weighted by molar-refractivity contribution is 0.0938. The maximum absolute atomic E-state index is 12.1. The fourth-order valence-electron chi connectivity index (χ4n) is 2.33. The second-order valence-corrected chi connectivity index (χ2v) is 6.40. The van der Waals surface area contributed by atoms with Crippen LogP contribution >= 0.6 is 11.6 Å². The molecule has 0 radical (unpaired) electrons. The van der Waals surface area contributed by atoms with E-state index in [4.69, 9.17) is 11.6 Å². The van der Waals surface area contributed by atoms with Crippen LogP contribution in [0, 0.1) is 0 Å². The van der Waals surface area contributed by atoms with E-state index < -0.39 is 0 Å². The highest BCUT2D eigenvalue weighted by molar-refractivity contribution is 6.30. The maximum Gasteiger partial charge on any atom is 0.270 e. The number of carbonyl (C=O) groups excluding carboxylic acids is 1. The van der Waals surface area contributed by atoms with Crippen molar-refractivity contribution >= 4 is 29.1 Å². The standard InChI is InChI=1S/C19H18ClN5O/c1-12(2)23-18(26)17-10-13(6-8-21-17)16-7-9-22-19(25-16)24-15-5-3-4-14(20)11-15/h3-12H,1-2H3,(H,23,26)(H,22,24,25). The molecule has 0 saturated heterocycles. The predicted octanol–water partition coefficient (Wildman–Crippen LogP) is 4.07. The van der Waals surface area contributed by atoms with E-state index in [-0.39, 0.29) is 11.9 Å². The molecule has 0 atom stereocenters. The molecule has 0 unspecified atom stereocenters. The van der Waals surface area contributed by atoms with Gasteiger partial charge >= 0.3 is 0 Å². The van der Waals surface area contributed by atoms with Crippen LogP contribution in [0.5, 0.6) is 0 Å². The number of pyridine rings is 1. The van der Waals surface area contributed by atoms with Gasteiger partial charge in [0, 0.05) is 34.7 Å². The molecule has 1 aromatic carbocycles. The third-order valence-corrected chi connectivity index (χ3v) is 3.68. The summed E-state index contributed by atoms with van der Waals surface area (Å²) in [6.45, 7) is 3.81. The largest absolute Gasteiger partial charge is 0.349 e. The molecule has 0 aliphatic carbocycles. The van der Waals surface area contributed by atoms with E-state index >= 15 is 0 Å². The summed E-state index contributed by atoms with van der Waals surface area (Å²) in [5.41, 5.74) is 2.61. The van der Waals surface area contributed by atoms with Gasteiger partial charge in [-0.2, -0.15) is 0 Å². The van der Waals surface area contributed by atoms with Crippen molar-refractivity contribution in [2.45, 2.75) is 19.9 Å². The summed E-state index contributed by atoms with van der Waals surface area (Å²) in [6, 6.07) is 12.6. The SMILES string of the molecule is CC(C)NC(=O)c1cc(-c2ccnc(Nc3cccc(Cl)c3)n2)ccn1. The number of benzene rings is 1. The summed E-state index contributed by atoms with van der Waals surface area (Å²) >= 11 is 6.00. The highest BCUT2D eigenvalue weighted by Crippen LogP contribution is 2.21. The highest BCUT2D eigenvalue weighted by atomic mass is 35.5. The van der Waals surface area contributed by atoms with Crippen molar-refractivity contribution < 1.29 is 4.79 Å². The van der Waals surface area contributed by atoms with Crippen molar-refractivity contribution in [1.82, 2.24) is 20.3 Å². The van der Waals surface area contributed by atoms with E-state index in [1.54, 1.807) is 42.7 Å². The number of nitrogens with one attached hydrogen (secondary N) is 2. The summed E-state index contributed by atoms with van der Waals surface area (Å²) in [4.78, 5) is 25.0. The lowest BCUT2D eigenvalue weighted by atomic mass is 10.1. The van der Waals surface area contributed by atoms with Crippen LogP contribution in [0.15, 0.2) is 54.9 Å². The minimum atomic E-state index is -0.215. The Bertz CT molecular complexity index is 929. The minimum Gasteiger partial charge on any atom is -0.349 e. The Labute approximate surface area is 156 Å². The average molecular weight is 368 g/mol. The van der Waals surface area contributed by atoms with Crippen molar-refractivity contribution in [3.8, 4) is 11.3 Å². The number of halogens is 1. The summed E-state index contributed by atoms with van der Waals surface area (Å²) in [5, 5.41) is 6.57. The first-order chi connectivity index (χ1) is 12.5. The molecular formula is C19H18ClN5O. The number of hydrogen-bond donors (Lipinski definition) is 2. The van der Waals surface area contributed by atoms with Gasteiger partial charge in [-0.15, -0.1) is 0 Å². The number of amides is 1. The van der Waals surface area contributed by atoms with Crippen molar-refractivity contribution in [3.63, 3.8) is 0 Å². The zero-order chi connectivity index (χ0) is 18.5. The summed E-state index contributed by atoms with van der Waals surface area (Å²) in [7, 11) is 0. The topological polar surface area (TPSA) is 79.8 Å². The van der Waals surface area contributed by atoms with Crippen LogP contribution in [-0.2, 0) is 0 Å². The molecule has 6 nitrogen and oxygen atoms in total. The van der Waals surface area contributed by atoms with Crippen molar-refractivity contribution in [3.05, 3.63) is 65.6 Å². The van der Waals surface area contributed by atoms with Crippen molar-refractivity contribution in [2.75, 3.05) is 5.32 Å². The van der Waals surface area contributed by atoms with Gasteiger partial charge in [0.1, 0.15) is 5.69 Å². The molecule has 26 heavy (non-hydrogen) atoms. The Morgan fingerprint density at radius 3 is 2.65 bits per heavy atom. The van der Waals surface area contributed by atoms with Crippen LogP contribution in [0.3, 0.4) is 0 Å². The van der Waals surface area contributed by atoms with Gasteiger partial charge in [0.25, 0.3) is 5.91 Å². The van der Waals surface area contributed by atoms with Gasteiger partial charge in [-0.1, -0.05) is 17.7 Å². The zero-order valence-electron chi connectivity index (χ0n) is 14.4. The number of rotatable bonds is 5. The van der Waals surface area contributed by atoms with Gasteiger partial charge in [-0.25, -0.2) is 9.97 Å². The van der Waals surface area contributed by atoms with Gasteiger partial charge in [0.15, 0.2) is 0 Å². The molecule has 2 aromatic heterocycles. The molecule has 132 valence electrons. The molecule has 3 rings (SSSR count). The fourth-order valence-corrected chi connectivity index (χ4v) is 2.52. The van der Waals surface area contributed by atoms with Gasteiger partial charge in [-0.05, 0) is 50.2 Å². The molecular weight excluding hydrogens is 350 g/mol. The second-order valence-electron chi connectivity index (χ2n) is 5.96. The Morgan fingerprint density at radius 1 is 1.08 bits per heavy atom. The average Bonchev–Trinajstić information content (AvgIpc) is 2.61. The lowest BCUT2D eigenvalue weighted by Crippen LogP contribution is -2.30. The fraction of sp³-hybridized carbons (Fsp3) is 0.158. The molecule has 2 N–H and O–H groups in total. The molecule has 1 amide bonds. The molecule has 3 aromatic rings. The van der Waals surface area contributed by atoms with Crippen LogP contribution in [0.4, 0.5) is 11.6 Å². The van der Waals surface area contributed by atoms with Crippen LogP contribution < -0.4 is 10.6 Å². The Balaban J connectivity index is 1.85. The first-order valence-electron chi connectivity index (χ1n) is 8.14. The van der Waals surface area contributed by atoms with Crippen LogP contribution in [-0.4, -0.2) is 26.9 Å². The quantitative estimate of drug-likeness (QED) is 0.710. The van der Waals surface area contributed by atoms with Crippen LogP contribution in [0.25, 0.3) is 11.3 Å². The smallest absolute Gasteiger partial charge is 0.270 e. The number of anilines is 2. The van der Waals surface area contributed by atoms with E-state index in [2.05, 4.69) is 25.6 Å². The first kappa shape index (κ1) is 17.8. The normalized spacial score (nSPS) is 10.6. The Morgan fingerprint density at radius 2 is 1.88 bits per heavy atom. The van der Waals surface area contributed by atoms with Crippen molar-refractivity contribution in [2.24, 2.45) is 0 Å². The molecule has 0 fully saturated rings. The van der Waals surface area contributed by atoms with Crippen LogP contribution in [0.1, 0.15) is 24.3 Å². The molecule has 0 aliphatic heterocycles. The number of carbonyl (C=O) groups is 1. The predicted molar refractivity (Wildman–Crippen MR) is 103 cm³/mol. The molecule has 0 bridgehead atoms. The summed E-state index contributed by atoms with van der Waals surface area (Å²) < 4.78 is 0. The number of nitrogens with zero attached hydrogens (tertiary/aromatic N) is 3. The van der Waals surface area contributed by atoms with E-state index in [0.717, 1.165) is 11.3 Å².